The maximum absolute atomic E-state index is 12.0. The highest BCUT2D eigenvalue weighted by molar-refractivity contribution is 7.09. The number of carboxylic acid groups (broad SMARTS) is 1. The molecule has 0 aliphatic carbocycles. The second-order valence-corrected chi connectivity index (χ2v) is 5.57. The lowest BCUT2D eigenvalue weighted by Crippen LogP contribution is -2.46. The van der Waals surface area contributed by atoms with E-state index in [9.17, 15) is 9.59 Å². The lowest BCUT2D eigenvalue weighted by Gasteiger charge is -2.30. The van der Waals surface area contributed by atoms with Crippen LogP contribution in [0.3, 0.4) is 0 Å². The first-order chi connectivity index (χ1) is 9.08. The van der Waals surface area contributed by atoms with Gasteiger partial charge in [0.25, 0.3) is 0 Å². The molecular weight excluding hydrogens is 266 g/mol. The lowest BCUT2D eigenvalue weighted by atomic mass is 9.97. The zero-order valence-corrected chi connectivity index (χ0v) is 11.5. The number of aromatic nitrogens is 1. The number of nitrogens with zero attached hydrogens (tertiary/aromatic N) is 2. The van der Waals surface area contributed by atoms with Gasteiger partial charge < -0.3 is 15.3 Å². The molecule has 1 atom stereocenters. The molecule has 6 nitrogen and oxygen atoms in total. The van der Waals surface area contributed by atoms with Crippen LogP contribution >= 0.6 is 11.3 Å². The molecular formula is C12H17N3O3S. The highest BCUT2D eigenvalue weighted by Gasteiger charge is 2.27. The summed E-state index contributed by atoms with van der Waals surface area (Å²) in [5.74, 6) is -1.09. The average molecular weight is 283 g/mol. The molecule has 0 radical (unpaired) electrons. The topological polar surface area (TPSA) is 82.5 Å². The van der Waals surface area contributed by atoms with E-state index >= 15 is 0 Å². The molecule has 1 aliphatic heterocycles. The van der Waals surface area contributed by atoms with Crippen molar-refractivity contribution >= 4 is 23.3 Å². The summed E-state index contributed by atoms with van der Waals surface area (Å²) < 4.78 is 0. The number of thiazole rings is 1. The van der Waals surface area contributed by atoms with Gasteiger partial charge in [-0.3, -0.25) is 4.79 Å². The van der Waals surface area contributed by atoms with Gasteiger partial charge in [0, 0.05) is 24.7 Å². The van der Waals surface area contributed by atoms with Gasteiger partial charge in [0.1, 0.15) is 5.01 Å². The minimum atomic E-state index is -0.767. The van der Waals surface area contributed by atoms with Gasteiger partial charge in [0.05, 0.1) is 12.0 Å². The van der Waals surface area contributed by atoms with Crippen molar-refractivity contribution in [2.75, 3.05) is 13.1 Å². The summed E-state index contributed by atoms with van der Waals surface area (Å²) in [7, 11) is 0. The number of piperidine rings is 1. The predicted molar refractivity (Wildman–Crippen MR) is 71.0 cm³/mol. The number of carbonyl (C=O) groups excluding carboxylic acids is 1. The molecule has 0 spiro atoms. The number of rotatable bonds is 3. The van der Waals surface area contributed by atoms with E-state index in [-0.39, 0.29) is 18.0 Å². The Morgan fingerprint density at radius 3 is 2.74 bits per heavy atom. The van der Waals surface area contributed by atoms with Gasteiger partial charge in [-0.05, 0) is 19.8 Å². The molecule has 1 unspecified atom stereocenters. The minimum Gasteiger partial charge on any atom is -0.481 e. The normalized spacial score (nSPS) is 18.1. The van der Waals surface area contributed by atoms with Crippen molar-refractivity contribution in [3.05, 3.63) is 16.6 Å². The fraction of sp³-hybridized carbons (Fsp3) is 0.583. The van der Waals surface area contributed by atoms with Crippen LogP contribution in [0.4, 0.5) is 4.79 Å². The van der Waals surface area contributed by atoms with Gasteiger partial charge in [-0.25, -0.2) is 9.78 Å². The smallest absolute Gasteiger partial charge is 0.317 e. The Kier molecular flexibility index (Phi) is 4.36. The Labute approximate surface area is 115 Å². The van der Waals surface area contributed by atoms with Crippen molar-refractivity contribution < 1.29 is 14.7 Å². The Bertz CT molecular complexity index is 441. The van der Waals surface area contributed by atoms with E-state index < -0.39 is 5.97 Å². The quantitative estimate of drug-likeness (QED) is 0.884. The van der Waals surface area contributed by atoms with Crippen LogP contribution in [0.25, 0.3) is 0 Å². The Balaban J connectivity index is 1.83. The number of nitrogens with one attached hydrogen (secondary N) is 1. The number of likely N-dealkylation sites (tertiary alicyclic amines) is 1. The van der Waals surface area contributed by atoms with Crippen molar-refractivity contribution in [2.45, 2.75) is 25.8 Å². The summed E-state index contributed by atoms with van der Waals surface area (Å²) in [5, 5.41) is 14.5. The number of hydrogen-bond donors (Lipinski definition) is 2. The summed E-state index contributed by atoms with van der Waals surface area (Å²) in [6.45, 7) is 2.88. The fourth-order valence-electron chi connectivity index (χ4n) is 2.12. The molecule has 2 heterocycles. The lowest BCUT2D eigenvalue weighted by molar-refractivity contribution is -0.143. The van der Waals surface area contributed by atoms with Crippen LogP contribution in [0.1, 0.15) is 30.8 Å². The van der Waals surface area contributed by atoms with E-state index in [1.165, 1.54) is 11.3 Å². The maximum atomic E-state index is 12.0. The largest absolute Gasteiger partial charge is 0.481 e. The third-order valence-electron chi connectivity index (χ3n) is 3.29. The van der Waals surface area contributed by atoms with E-state index in [4.69, 9.17) is 5.11 Å². The monoisotopic (exact) mass is 283 g/mol. The van der Waals surface area contributed by atoms with Crippen LogP contribution in [-0.4, -0.2) is 40.1 Å². The van der Waals surface area contributed by atoms with E-state index in [2.05, 4.69) is 10.3 Å². The summed E-state index contributed by atoms with van der Waals surface area (Å²) in [6, 6.07) is -0.267. The van der Waals surface area contributed by atoms with Crippen LogP contribution in [-0.2, 0) is 4.79 Å². The summed E-state index contributed by atoms with van der Waals surface area (Å²) in [4.78, 5) is 28.7. The van der Waals surface area contributed by atoms with E-state index in [0.717, 1.165) is 5.01 Å². The Morgan fingerprint density at radius 2 is 2.21 bits per heavy atom. The minimum absolute atomic E-state index is 0.121. The molecule has 2 N–H and O–H groups in total. The molecule has 1 fully saturated rings. The molecule has 2 amide bonds. The SMILES string of the molecule is CC(NC(=O)N1CCC(C(=O)O)CC1)c1nccs1. The predicted octanol–water partition coefficient (Wildman–Crippen LogP) is 1.71. The van der Waals surface area contributed by atoms with Crippen molar-refractivity contribution in [2.24, 2.45) is 5.92 Å². The molecule has 2 rings (SSSR count). The third-order valence-corrected chi connectivity index (χ3v) is 4.25. The van der Waals surface area contributed by atoms with Crippen LogP contribution in [0, 0.1) is 5.92 Å². The number of amides is 2. The first-order valence-corrected chi connectivity index (χ1v) is 7.13. The molecule has 0 aromatic carbocycles. The van der Waals surface area contributed by atoms with Gasteiger partial charge in [-0.2, -0.15) is 0 Å². The zero-order valence-electron chi connectivity index (χ0n) is 10.7. The average Bonchev–Trinajstić information content (AvgIpc) is 2.92. The molecule has 7 heteroatoms. The van der Waals surface area contributed by atoms with Crippen LogP contribution < -0.4 is 5.32 Å². The van der Waals surface area contributed by atoms with Crippen LogP contribution in [0.15, 0.2) is 11.6 Å². The fourth-order valence-corrected chi connectivity index (χ4v) is 2.76. The van der Waals surface area contributed by atoms with Crippen molar-refractivity contribution in [3.8, 4) is 0 Å². The van der Waals surface area contributed by atoms with Crippen molar-refractivity contribution in [3.63, 3.8) is 0 Å². The van der Waals surface area contributed by atoms with E-state index in [1.807, 2.05) is 12.3 Å². The number of carbonyl (C=O) groups is 2. The molecule has 1 aromatic heterocycles. The second kappa shape index (κ2) is 6.01. The summed E-state index contributed by atoms with van der Waals surface area (Å²) >= 11 is 1.50. The van der Waals surface area contributed by atoms with Gasteiger partial charge in [0.15, 0.2) is 0 Å². The Morgan fingerprint density at radius 1 is 1.53 bits per heavy atom. The summed E-state index contributed by atoms with van der Waals surface area (Å²) in [6.07, 6.45) is 2.75. The van der Waals surface area contributed by atoms with Crippen LogP contribution in [0.2, 0.25) is 0 Å². The number of carboxylic acids is 1. The maximum Gasteiger partial charge on any atom is 0.317 e. The van der Waals surface area contributed by atoms with E-state index in [1.54, 1.807) is 11.1 Å². The van der Waals surface area contributed by atoms with Crippen molar-refractivity contribution in [1.29, 1.82) is 0 Å². The first-order valence-electron chi connectivity index (χ1n) is 6.25. The Hall–Kier alpha value is -1.63. The van der Waals surface area contributed by atoms with Crippen LogP contribution in [0.5, 0.6) is 0 Å². The zero-order chi connectivity index (χ0) is 13.8. The van der Waals surface area contributed by atoms with Gasteiger partial charge in [0.2, 0.25) is 0 Å². The molecule has 1 aromatic rings. The third kappa shape index (κ3) is 3.44. The first kappa shape index (κ1) is 13.8. The van der Waals surface area contributed by atoms with Gasteiger partial charge >= 0.3 is 12.0 Å². The molecule has 19 heavy (non-hydrogen) atoms. The number of urea groups is 1. The molecule has 1 aliphatic rings. The standard InChI is InChI=1S/C12H17N3O3S/c1-8(10-13-4-7-19-10)14-12(18)15-5-2-9(3-6-15)11(16)17/h4,7-9H,2-3,5-6H2,1H3,(H,14,18)(H,16,17). The highest BCUT2D eigenvalue weighted by atomic mass is 32.1. The van der Waals surface area contributed by atoms with Gasteiger partial charge in [-0.15, -0.1) is 11.3 Å². The molecule has 104 valence electrons. The second-order valence-electron chi connectivity index (χ2n) is 4.64. The van der Waals surface area contributed by atoms with E-state index in [0.29, 0.717) is 25.9 Å². The molecule has 0 bridgehead atoms. The highest BCUT2D eigenvalue weighted by Crippen LogP contribution is 2.19. The molecule has 0 saturated carbocycles. The number of hydrogen-bond acceptors (Lipinski definition) is 4. The van der Waals surface area contributed by atoms with Gasteiger partial charge in [-0.1, -0.05) is 0 Å². The molecule has 1 saturated heterocycles. The summed E-state index contributed by atoms with van der Waals surface area (Å²) in [5.41, 5.74) is 0. The number of aliphatic carboxylic acids is 1. The van der Waals surface area contributed by atoms with Crippen molar-refractivity contribution in [1.82, 2.24) is 15.2 Å².